The maximum Gasteiger partial charge on any atom is 1.00 e. The number of aromatic nitrogens is 1. The number of hydrogen-bond acceptors (Lipinski definition) is 5. The molecular weight excluding hydrogens is 379 g/mol. The first-order valence-corrected chi connectivity index (χ1v) is 9.01. The van der Waals surface area contributed by atoms with Crippen molar-refractivity contribution in [2.75, 3.05) is 5.32 Å². The second kappa shape index (κ2) is 10.4. The monoisotopic (exact) mass is 400 g/mol. The second-order valence-electron chi connectivity index (χ2n) is 6.70. The van der Waals surface area contributed by atoms with Crippen molar-refractivity contribution in [3.8, 4) is 11.5 Å². The fourth-order valence-corrected chi connectivity index (χ4v) is 2.90. The summed E-state index contributed by atoms with van der Waals surface area (Å²) in [6.07, 6.45) is 0.0736. The number of amides is 1. The van der Waals surface area contributed by atoms with Crippen LogP contribution in [0.3, 0.4) is 0 Å². The van der Waals surface area contributed by atoms with Gasteiger partial charge in [0.1, 0.15) is 5.76 Å². The number of anilines is 1. The standard InChI is InChI=1S/C22H22N2O4.Na/c1-14-15(2)28-21(23-14)17-9-6-10-19(12-17)24-20(25)13-18(22(26)27)11-16-7-4-3-5-8-16;/h3-10,12,18H,11,13H2,1-2H3,(H,24,25)(H,26,27);/q;+1/p-1. The average Bonchev–Trinajstić information content (AvgIpc) is 3.01. The third kappa shape index (κ3) is 6.29. The van der Waals surface area contributed by atoms with E-state index in [9.17, 15) is 14.7 Å². The van der Waals surface area contributed by atoms with Gasteiger partial charge in [0.25, 0.3) is 0 Å². The molecule has 1 amide bonds. The van der Waals surface area contributed by atoms with Crippen LogP contribution in [0.1, 0.15) is 23.4 Å². The van der Waals surface area contributed by atoms with Crippen molar-refractivity contribution in [1.29, 1.82) is 0 Å². The van der Waals surface area contributed by atoms with Gasteiger partial charge in [-0.1, -0.05) is 36.4 Å². The summed E-state index contributed by atoms with van der Waals surface area (Å²) in [4.78, 5) is 28.2. The Labute approximate surface area is 191 Å². The zero-order chi connectivity index (χ0) is 20.1. The van der Waals surface area contributed by atoms with Crippen LogP contribution >= 0.6 is 0 Å². The molecule has 0 fully saturated rings. The molecule has 0 saturated heterocycles. The fourth-order valence-electron chi connectivity index (χ4n) is 2.90. The molecule has 1 atom stereocenters. The molecule has 0 bridgehead atoms. The van der Waals surface area contributed by atoms with Crippen LogP contribution in [0, 0.1) is 19.8 Å². The van der Waals surface area contributed by atoms with E-state index in [4.69, 9.17) is 4.42 Å². The van der Waals surface area contributed by atoms with Crippen molar-refractivity contribution < 1.29 is 48.7 Å². The molecule has 0 aliphatic carbocycles. The number of carbonyl (C=O) groups is 2. The van der Waals surface area contributed by atoms with Gasteiger partial charge >= 0.3 is 29.6 Å². The van der Waals surface area contributed by atoms with Crippen LogP contribution in [0.4, 0.5) is 5.69 Å². The maximum absolute atomic E-state index is 12.4. The molecule has 0 aliphatic heterocycles. The number of carbonyl (C=O) groups excluding carboxylic acids is 2. The summed E-state index contributed by atoms with van der Waals surface area (Å²) in [6, 6.07) is 16.3. The van der Waals surface area contributed by atoms with Crippen LogP contribution in [-0.4, -0.2) is 16.9 Å². The molecule has 1 heterocycles. The van der Waals surface area contributed by atoms with Gasteiger partial charge in [0, 0.05) is 29.6 Å². The van der Waals surface area contributed by atoms with E-state index in [1.165, 1.54) is 0 Å². The van der Waals surface area contributed by atoms with Crippen LogP contribution in [-0.2, 0) is 16.0 Å². The molecule has 29 heavy (non-hydrogen) atoms. The molecule has 2 aromatic carbocycles. The van der Waals surface area contributed by atoms with Gasteiger partial charge in [0.2, 0.25) is 11.8 Å². The number of rotatable bonds is 7. The van der Waals surface area contributed by atoms with Crippen molar-refractivity contribution in [2.45, 2.75) is 26.7 Å². The molecule has 1 N–H and O–H groups in total. The predicted molar refractivity (Wildman–Crippen MR) is 103 cm³/mol. The number of benzene rings is 2. The molecule has 1 aromatic heterocycles. The van der Waals surface area contributed by atoms with Crippen LogP contribution in [0.2, 0.25) is 0 Å². The minimum absolute atomic E-state index is 0. The third-order valence-corrected chi connectivity index (χ3v) is 4.51. The molecule has 1 unspecified atom stereocenters. The Balaban J connectivity index is 0.00000300. The van der Waals surface area contributed by atoms with Gasteiger partial charge in [-0.05, 0) is 44.0 Å². The maximum atomic E-state index is 12.4. The molecule has 144 valence electrons. The smallest absolute Gasteiger partial charge is 0.550 e. The minimum Gasteiger partial charge on any atom is -0.550 e. The van der Waals surface area contributed by atoms with Gasteiger partial charge in [-0.2, -0.15) is 0 Å². The summed E-state index contributed by atoms with van der Waals surface area (Å²) in [6.45, 7) is 3.70. The first-order valence-electron chi connectivity index (χ1n) is 9.01. The number of carboxylic acid groups (broad SMARTS) is 1. The van der Waals surface area contributed by atoms with E-state index in [0.717, 1.165) is 22.6 Å². The Kier molecular flexibility index (Phi) is 8.20. The van der Waals surface area contributed by atoms with E-state index in [1.54, 1.807) is 18.2 Å². The van der Waals surface area contributed by atoms with E-state index >= 15 is 0 Å². The number of nitrogens with one attached hydrogen (secondary N) is 1. The number of aliphatic carboxylic acids is 1. The van der Waals surface area contributed by atoms with Crippen LogP contribution in [0.15, 0.2) is 59.0 Å². The second-order valence-corrected chi connectivity index (χ2v) is 6.70. The van der Waals surface area contributed by atoms with Crippen molar-refractivity contribution in [1.82, 2.24) is 4.98 Å². The minimum atomic E-state index is -1.24. The van der Waals surface area contributed by atoms with Crippen LogP contribution < -0.4 is 40.0 Å². The summed E-state index contributed by atoms with van der Waals surface area (Å²) in [5, 5.41) is 14.2. The summed E-state index contributed by atoms with van der Waals surface area (Å²) in [7, 11) is 0. The summed E-state index contributed by atoms with van der Waals surface area (Å²) in [5.41, 5.74) is 2.94. The molecule has 3 aromatic rings. The van der Waals surface area contributed by atoms with Gasteiger partial charge in [-0.15, -0.1) is 0 Å². The fraction of sp³-hybridized carbons (Fsp3) is 0.227. The molecule has 6 nitrogen and oxygen atoms in total. The molecule has 7 heteroatoms. The van der Waals surface area contributed by atoms with Crippen LogP contribution in [0.25, 0.3) is 11.5 Å². The van der Waals surface area contributed by atoms with Gasteiger partial charge in [0.05, 0.1) is 5.69 Å². The predicted octanol–water partition coefficient (Wildman–Crippen LogP) is -0.100. The van der Waals surface area contributed by atoms with Crippen molar-refractivity contribution in [2.24, 2.45) is 5.92 Å². The number of nitrogens with zero attached hydrogens (tertiary/aromatic N) is 1. The quantitative estimate of drug-likeness (QED) is 0.559. The first-order chi connectivity index (χ1) is 13.4. The van der Waals surface area contributed by atoms with E-state index in [2.05, 4.69) is 10.3 Å². The van der Waals surface area contributed by atoms with Crippen molar-refractivity contribution in [3.05, 3.63) is 71.6 Å². The Bertz CT molecular complexity index is 966. The zero-order valence-electron chi connectivity index (χ0n) is 16.8. The van der Waals surface area contributed by atoms with E-state index in [-0.39, 0.29) is 48.3 Å². The Hall–Kier alpha value is -2.41. The van der Waals surface area contributed by atoms with E-state index < -0.39 is 11.9 Å². The summed E-state index contributed by atoms with van der Waals surface area (Å²) in [5.74, 6) is -1.31. The SMILES string of the molecule is Cc1nc(-c2cccc(NC(=O)CC(Cc3ccccc3)C(=O)[O-])c2)oc1C.[Na+]. The summed E-state index contributed by atoms with van der Waals surface area (Å²) < 4.78 is 5.61. The van der Waals surface area contributed by atoms with Gasteiger partial charge in [0.15, 0.2) is 0 Å². The number of oxazole rings is 1. The Morgan fingerprint density at radius 1 is 1.10 bits per heavy atom. The van der Waals surface area contributed by atoms with Crippen molar-refractivity contribution >= 4 is 17.6 Å². The zero-order valence-corrected chi connectivity index (χ0v) is 18.8. The van der Waals surface area contributed by atoms with Gasteiger partial charge in [-0.3, -0.25) is 4.79 Å². The molecule has 0 radical (unpaired) electrons. The van der Waals surface area contributed by atoms with Gasteiger partial charge in [-0.25, -0.2) is 4.98 Å². The van der Waals surface area contributed by atoms with Gasteiger partial charge < -0.3 is 19.6 Å². The van der Waals surface area contributed by atoms with E-state index in [1.807, 2.05) is 50.2 Å². The number of aryl methyl sites for hydroxylation is 2. The van der Waals surface area contributed by atoms with Crippen LogP contribution in [0.5, 0.6) is 0 Å². The molecule has 0 saturated carbocycles. The first kappa shape index (κ1) is 22.9. The molecule has 3 rings (SSSR count). The van der Waals surface area contributed by atoms with Crippen molar-refractivity contribution in [3.63, 3.8) is 0 Å². The Morgan fingerprint density at radius 3 is 2.45 bits per heavy atom. The molecular formula is C22H21N2NaO4. The molecule has 0 spiro atoms. The third-order valence-electron chi connectivity index (χ3n) is 4.51. The normalized spacial score (nSPS) is 11.4. The molecule has 0 aliphatic rings. The average molecular weight is 400 g/mol. The largest absolute Gasteiger partial charge is 1.00 e. The number of hydrogen-bond donors (Lipinski definition) is 1. The van der Waals surface area contributed by atoms with E-state index in [0.29, 0.717) is 11.6 Å². The topological polar surface area (TPSA) is 95.3 Å². The Morgan fingerprint density at radius 2 is 1.83 bits per heavy atom. The summed E-state index contributed by atoms with van der Waals surface area (Å²) >= 11 is 0. The number of carboxylic acids is 1.